The standard InChI is InChI=1S/C37H56ClN3O4S/c1-8-13-29(3)45-27-36(20-12-15-31-24-33(38)17-19-34(31)36)26-40-25-32-16-18-35(32)37(42,21-9-10-23-41(6)7)22-11-14-28(2)30(4)46(43,44)39-5/h8,11,13,17,19,22,24,28,30,32,35,39-40,42H,3,10,12,14-16,18,20,23,25-27H2,1-2,4-7H3/b13-8-,22-11+/t28-,30+,32-,35+,36-,37?/m0/s1. The van der Waals surface area contributed by atoms with Crippen molar-refractivity contribution in [2.45, 2.75) is 82.0 Å². The summed E-state index contributed by atoms with van der Waals surface area (Å²) < 4.78 is 33.3. The van der Waals surface area contributed by atoms with Gasteiger partial charge in [0.1, 0.15) is 11.4 Å². The van der Waals surface area contributed by atoms with E-state index in [1.165, 1.54) is 18.2 Å². The molecular weight excluding hydrogens is 618 g/mol. The molecule has 1 unspecified atom stereocenters. The second-order valence-electron chi connectivity index (χ2n) is 13.5. The Morgan fingerprint density at radius 2 is 2.09 bits per heavy atom. The van der Waals surface area contributed by atoms with Crippen LogP contribution >= 0.6 is 11.6 Å². The van der Waals surface area contributed by atoms with Crippen molar-refractivity contribution in [1.82, 2.24) is 14.9 Å². The summed E-state index contributed by atoms with van der Waals surface area (Å²) in [6, 6.07) is 6.22. The molecule has 3 rings (SSSR count). The fourth-order valence-corrected chi connectivity index (χ4v) is 7.95. The van der Waals surface area contributed by atoms with Gasteiger partial charge >= 0.3 is 0 Å². The van der Waals surface area contributed by atoms with Crippen molar-refractivity contribution in [3.8, 4) is 11.8 Å². The van der Waals surface area contributed by atoms with Gasteiger partial charge in [-0.05, 0) is 127 Å². The van der Waals surface area contributed by atoms with Crippen molar-refractivity contribution in [3.05, 3.63) is 71.0 Å². The highest BCUT2D eigenvalue weighted by Gasteiger charge is 2.45. The molecule has 1 fully saturated rings. The number of hydrogen-bond acceptors (Lipinski definition) is 6. The first-order valence-electron chi connectivity index (χ1n) is 16.7. The smallest absolute Gasteiger partial charge is 0.214 e. The van der Waals surface area contributed by atoms with Crippen molar-refractivity contribution in [3.63, 3.8) is 0 Å². The van der Waals surface area contributed by atoms with Crippen LogP contribution in [0.3, 0.4) is 0 Å². The van der Waals surface area contributed by atoms with Crippen LogP contribution in [0.1, 0.15) is 70.4 Å². The highest BCUT2D eigenvalue weighted by Crippen LogP contribution is 2.43. The SMILES string of the molecule is C=C(/C=C\C)OC[C@@]1(CNC[C@@H]2CC[C@H]2C(O)(C#CCCN(C)C)/C=C/C[C@H](C)[C@@H](C)S(=O)(=O)NC)CCCc2cc(Cl)ccc21. The molecule has 0 bridgehead atoms. The van der Waals surface area contributed by atoms with Crippen LogP contribution < -0.4 is 10.0 Å². The summed E-state index contributed by atoms with van der Waals surface area (Å²) in [5.74, 6) is 7.22. The Morgan fingerprint density at radius 1 is 1.33 bits per heavy atom. The highest BCUT2D eigenvalue weighted by molar-refractivity contribution is 7.90. The molecule has 0 amide bonds. The lowest BCUT2D eigenvalue weighted by Crippen LogP contribution is -2.51. The van der Waals surface area contributed by atoms with E-state index in [0.717, 1.165) is 56.8 Å². The molecule has 7 nitrogen and oxygen atoms in total. The van der Waals surface area contributed by atoms with Gasteiger partial charge < -0.3 is 20.1 Å². The summed E-state index contributed by atoms with van der Waals surface area (Å²) in [6.07, 6.45) is 13.7. The largest absolute Gasteiger partial charge is 0.493 e. The zero-order valence-corrected chi connectivity index (χ0v) is 30.3. The van der Waals surface area contributed by atoms with Crippen molar-refractivity contribution < 1.29 is 18.3 Å². The van der Waals surface area contributed by atoms with Crippen LogP contribution in [0.4, 0.5) is 0 Å². The zero-order chi connectivity index (χ0) is 34.0. The highest BCUT2D eigenvalue weighted by atomic mass is 35.5. The van der Waals surface area contributed by atoms with Crippen LogP contribution in [0.15, 0.2) is 54.8 Å². The molecule has 2 aliphatic rings. The summed E-state index contributed by atoms with van der Waals surface area (Å²) in [5.41, 5.74) is 1.07. The number of fused-ring (bicyclic) bond motifs is 1. The number of aryl methyl sites for hydroxylation is 1. The molecule has 1 aromatic rings. The topological polar surface area (TPSA) is 90.9 Å². The van der Waals surface area contributed by atoms with Crippen molar-refractivity contribution in [2.24, 2.45) is 17.8 Å². The molecule has 0 radical (unpaired) electrons. The van der Waals surface area contributed by atoms with Gasteiger partial charge in [-0.3, -0.25) is 0 Å². The molecule has 0 heterocycles. The second-order valence-corrected chi connectivity index (χ2v) is 16.2. The van der Waals surface area contributed by atoms with Crippen LogP contribution in [0.2, 0.25) is 5.02 Å². The average Bonchev–Trinajstić information content (AvgIpc) is 2.99. The van der Waals surface area contributed by atoms with Crippen LogP contribution in [-0.2, 0) is 26.6 Å². The third-order valence-electron chi connectivity index (χ3n) is 9.91. The molecule has 0 spiro atoms. The number of sulfonamides is 1. The molecule has 1 aromatic carbocycles. The summed E-state index contributed by atoms with van der Waals surface area (Å²) in [6.45, 7) is 12.5. The van der Waals surface area contributed by atoms with E-state index in [9.17, 15) is 13.5 Å². The van der Waals surface area contributed by atoms with Crippen molar-refractivity contribution >= 4 is 21.6 Å². The summed E-state index contributed by atoms with van der Waals surface area (Å²) in [4.78, 5) is 2.08. The van der Waals surface area contributed by atoms with Gasteiger partial charge in [0.2, 0.25) is 10.0 Å². The maximum absolute atomic E-state index is 12.3. The molecular formula is C37H56ClN3O4S. The van der Waals surface area contributed by atoms with Gasteiger partial charge in [0.05, 0.1) is 11.9 Å². The lowest BCUT2D eigenvalue weighted by molar-refractivity contribution is -0.00632. The van der Waals surface area contributed by atoms with E-state index in [1.54, 1.807) is 6.92 Å². The first kappa shape index (κ1) is 38.3. The predicted molar refractivity (Wildman–Crippen MR) is 191 cm³/mol. The molecule has 0 aliphatic heterocycles. The quantitative estimate of drug-likeness (QED) is 0.0833. The number of aliphatic hydroxyl groups is 1. The first-order valence-corrected chi connectivity index (χ1v) is 18.6. The lowest BCUT2D eigenvalue weighted by atomic mass is 9.64. The van der Waals surface area contributed by atoms with Crippen molar-refractivity contribution in [1.29, 1.82) is 0 Å². The molecule has 2 aliphatic carbocycles. The molecule has 9 heteroatoms. The minimum Gasteiger partial charge on any atom is -0.493 e. The number of nitrogens with one attached hydrogen (secondary N) is 2. The Morgan fingerprint density at radius 3 is 2.74 bits per heavy atom. The van der Waals surface area contributed by atoms with E-state index in [4.69, 9.17) is 16.3 Å². The van der Waals surface area contributed by atoms with Gasteiger partial charge in [0.15, 0.2) is 0 Å². The maximum atomic E-state index is 12.3. The predicted octanol–water partition coefficient (Wildman–Crippen LogP) is 5.84. The Balaban J connectivity index is 1.76. The van der Waals surface area contributed by atoms with Gasteiger partial charge in [-0.15, -0.1) is 0 Å². The molecule has 6 atom stereocenters. The van der Waals surface area contributed by atoms with Gasteiger partial charge in [-0.25, -0.2) is 13.1 Å². The number of ether oxygens (including phenoxy) is 1. The molecule has 46 heavy (non-hydrogen) atoms. The third-order valence-corrected chi connectivity index (χ3v) is 12.2. The minimum atomic E-state index is -3.38. The minimum absolute atomic E-state index is 0.0176. The Labute approximate surface area is 283 Å². The molecule has 256 valence electrons. The molecule has 0 aromatic heterocycles. The zero-order valence-electron chi connectivity index (χ0n) is 28.7. The van der Waals surface area contributed by atoms with E-state index >= 15 is 0 Å². The Kier molecular flexibility index (Phi) is 14.4. The monoisotopic (exact) mass is 673 g/mol. The van der Waals surface area contributed by atoms with Crippen LogP contribution in [-0.4, -0.2) is 76.7 Å². The Hall–Kier alpha value is -2.12. The van der Waals surface area contributed by atoms with E-state index in [2.05, 4.69) is 45.5 Å². The fourth-order valence-electron chi connectivity index (χ4n) is 6.66. The summed E-state index contributed by atoms with van der Waals surface area (Å²) >= 11 is 6.38. The molecule has 1 saturated carbocycles. The molecule has 3 N–H and O–H groups in total. The van der Waals surface area contributed by atoms with E-state index in [1.807, 2.05) is 58.3 Å². The second kappa shape index (κ2) is 17.3. The van der Waals surface area contributed by atoms with E-state index < -0.39 is 20.9 Å². The number of rotatable bonds is 17. The normalized spacial score (nSPS) is 24.1. The third kappa shape index (κ3) is 10.2. The number of benzene rings is 1. The number of allylic oxidation sites excluding steroid dienone is 3. The van der Waals surface area contributed by atoms with Crippen molar-refractivity contribution in [2.75, 3.05) is 47.4 Å². The first-order chi connectivity index (χ1) is 21.8. The number of halogens is 1. The van der Waals surface area contributed by atoms with E-state index in [0.29, 0.717) is 25.2 Å². The van der Waals surface area contributed by atoms with Gasteiger partial charge in [-0.1, -0.05) is 55.2 Å². The maximum Gasteiger partial charge on any atom is 0.214 e. The van der Waals surface area contributed by atoms with Crippen LogP contribution in [0, 0.1) is 29.6 Å². The van der Waals surface area contributed by atoms with Gasteiger partial charge in [-0.2, -0.15) is 0 Å². The van der Waals surface area contributed by atoms with Gasteiger partial charge in [0.25, 0.3) is 0 Å². The van der Waals surface area contributed by atoms with Crippen LogP contribution in [0.5, 0.6) is 0 Å². The lowest BCUT2D eigenvalue weighted by Gasteiger charge is -2.45. The summed E-state index contributed by atoms with van der Waals surface area (Å²) in [5, 5.41) is 16.0. The Bertz CT molecular complexity index is 1400. The summed E-state index contributed by atoms with van der Waals surface area (Å²) in [7, 11) is 2.09. The average molecular weight is 674 g/mol. The van der Waals surface area contributed by atoms with Gasteiger partial charge in [0, 0.05) is 35.9 Å². The van der Waals surface area contributed by atoms with Crippen LogP contribution in [0.25, 0.3) is 0 Å². The molecule has 0 saturated heterocycles. The fraction of sp³-hybridized carbons (Fsp3) is 0.622. The number of hydrogen-bond donors (Lipinski definition) is 3. The number of nitrogens with zero attached hydrogens (tertiary/aromatic N) is 1. The van der Waals surface area contributed by atoms with E-state index in [-0.39, 0.29) is 23.2 Å².